The summed E-state index contributed by atoms with van der Waals surface area (Å²) in [5.41, 5.74) is 1.18. The molecular weight excluding hydrogens is 314 g/mol. The van der Waals surface area contributed by atoms with Gasteiger partial charge in [0.05, 0.1) is 18.7 Å². The molecule has 5 heteroatoms. The lowest BCUT2D eigenvalue weighted by atomic mass is 10.2. The predicted molar refractivity (Wildman–Crippen MR) is 82.0 cm³/mol. The lowest BCUT2D eigenvalue weighted by Gasteiger charge is -2.12. The van der Waals surface area contributed by atoms with Crippen molar-refractivity contribution in [1.82, 2.24) is 5.32 Å². The molecule has 0 amide bonds. The molecule has 0 aliphatic heterocycles. The summed E-state index contributed by atoms with van der Waals surface area (Å²) in [6.07, 6.45) is 3.32. The third-order valence-electron chi connectivity index (χ3n) is 2.52. The van der Waals surface area contributed by atoms with Gasteiger partial charge < -0.3 is 14.8 Å². The zero-order chi connectivity index (χ0) is 13.4. The van der Waals surface area contributed by atoms with E-state index < -0.39 is 0 Å². The fraction of sp³-hybridized carbons (Fsp3) is 0.538. The van der Waals surface area contributed by atoms with Crippen LogP contribution >= 0.6 is 27.7 Å². The molecule has 0 aliphatic carbocycles. The Hall–Kier alpha value is -0.390. The van der Waals surface area contributed by atoms with Gasteiger partial charge in [0.15, 0.2) is 11.5 Å². The summed E-state index contributed by atoms with van der Waals surface area (Å²) >= 11 is 5.37. The standard InChI is InChI=1S/C13H20BrNO2S/c1-16-12-8-10(7-11(14)13(12)17-2)9-15-5-4-6-18-3/h7-8,15H,4-6,9H2,1-3H3. The van der Waals surface area contributed by atoms with Crippen molar-refractivity contribution >= 4 is 27.7 Å². The van der Waals surface area contributed by atoms with E-state index in [0.29, 0.717) is 0 Å². The van der Waals surface area contributed by atoms with E-state index in [1.165, 1.54) is 17.7 Å². The first kappa shape index (κ1) is 15.7. The minimum Gasteiger partial charge on any atom is -0.493 e. The quantitative estimate of drug-likeness (QED) is 0.739. The third-order valence-corrected chi connectivity index (χ3v) is 3.81. The molecule has 0 radical (unpaired) electrons. The topological polar surface area (TPSA) is 30.5 Å². The lowest BCUT2D eigenvalue weighted by Crippen LogP contribution is -2.15. The summed E-state index contributed by atoms with van der Waals surface area (Å²) in [4.78, 5) is 0. The van der Waals surface area contributed by atoms with Crippen LogP contribution in [-0.2, 0) is 6.54 Å². The van der Waals surface area contributed by atoms with Crippen LogP contribution in [0.3, 0.4) is 0 Å². The zero-order valence-electron chi connectivity index (χ0n) is 11.1. The molecule has 1 aromatic rings. The van der Waals surface area contributed by atoms with Gasteiger partial charge in [-0.15, -0.1) is 0 Å². The monoisotopic (exact) mass is 333 g/mol. The molecule has 0 aromatic heterocycles. The molecule has 0 heterocycles. The van der Waals surface area contributed by atoms with Gasteiger partial charge in [0.25, 0.3) is 0 Å². The zero-order valence-corrected chi connectivity index (χ0v) is 13.5. The van der Waals surface area contributed by atoms with Crippen LogP contribution in [0.1, 0.15) is 12.0 Å². The van der Waals surface area contributed by atoms with E-state index in [-0.39, 0.29) is 0 Å². The van der Waals surface area contributed by atoms with Crippen molar-refractivity contribution in [3.8, 4) is 11.5 Å². The van der Waals surface area contributed by atoms with E-state index in [9.17, 15) is 0 Å². The van der Waals surface area contributed by atoms with Crippen molar-refractivity contribution in [3.63, 3.8) is 0 Å². The Labute approximate surface area is 122 Å². The third kappa shape index (κ3) is 4.71. The highest BCUT2D eigenvalue weighted by Gasteiger charge is 2.10. The van der Waals surface area contributed by atoms with Gasteiger partial charge in [-0.3, -0.25) is 0 Å². The molecule has 1 aromatic carbocycles. The van der Waals surface area contributed by atoms with Gasteiger partial charge >= 0.3 is 0 Å². The van der Waals surface area contributed by atoms with E-state index in [1.54, 1.807) is 14.2 Å². The maximum absolute atomic E-state index is 5.32. The first-order valence-electron chi connectivity index (χ1n) is 5.83. The van der Waals surface area contributed by atoms with Crippen LogP contribution in [0.2, 0.25) is 0 Å². The molecule has 0 unspecified atom stereocenters. The molecule has 0 atom stereocenters. The molecule has 1 N–H and O–H groups in total. The van der Waals surface area contributed by atoms with E-state index in [0.717, 1.165) is 29.1 Å². The molecular formula is C13H20BrNO2S. The van der Waals surface area contributed by atoms with Gasteiger partial charge in [-0.05, 0) is 58.6 Å². The molecule has 0 bridgehead atoms. The molecule has 0 spiro atoms. The minimum atomic E-state index is 0.739. The minimum absolute atomic E-state index is 0.739. The lowest BCUT2D eigenvalue weighted by molar-refractivity contribution is 0.352. The molecule has 0 saturated carbocycles. The van der Waals surface area contributed by atoms with E-state index in [4.69, 9.17) is 9.47 Å². The summed E-state index contributed by atoms with van der Waals surface area (Å²) in [5.74, 6) is 2.69. The van der Waals surface area contributed by atoms with Gasteiger partial charge in [0, 0.05) is 6.54 Å². The normalized spacial score (nSPS) is 10.4. The Bertz CT molecular complexity index is 374. The Morgan fingerprint density at radius 1 is 1.28 bits per heavy atom. The Balaban J connectivity index is 2.58. The van der Waals surface area contributed by atoms with Gasteiger partial charge in [-0.2, -0.15) is 11.8 Å². The average molecular weight is 334 g/mol. The Morgan fingerprint density at radius 2 is 2.06 bits per heavy atom. The smallest absolute Gasteiger partial charge is 0.174 e. The first-order valence-corrected chi connectivity index (χ1v) is 8.01. The number of rotatable bonds is 8. The van der Waals surface area contributed by atoms with Crippen LogP contribution < -0.4 is 14.8 Å². The number of halogens is 1. The highest BCUT2D eigenvalue weighted by atomic mass is 79.9. The van der Waals surface area contributed by atoms with Crippen LogP contribution in [0.25, 0.3) is 0 Å². The SMILES string of the molecule is COc1cc(CNCCCSC)cc(Br)c1OC. The Kier molecular flexibility index (Phi) is 7.54. The second kappa shape index (κ2) is 8.67. The summed E-state index contributed by atoms with van der Waals surface area (Å²) in [6, 6.07) is 4.06. The molecule has 3 nitrogen and oxygen atoms in total. The highest BCUT2D eigenvalue weighted by molar-refractivity contribution is 9.10. The first-order chi connectivity index (χ1) is 8.72. The second-order valence-corrected chi connectivity index (χ2v) is 5.68. The number of methoxy groups -OCH3 is 2. The average Bonchev–Trinajstić information content (AvgIpc) is 2.37. The number of ether oxygens (including phenoxy) is 2. The van der Waals surface area contributed by atoms with Crippen LogP contribution in [0.15, 0.2) is 16.6 Å². The molecule has 0 fully saturated rings. The molecule has 0 aliphatic rings. The van der Waals surface area contributed by atoms with Gasteiger partial charge in [-0.25, -0.2) is 0 Å². The molecule has 102 valence electrons. The van der Waals surface area contributed by atoms with E-state index in [1.807, 2.05) is 17.8 Å². The van der Waals surface area contributed by atoms with Crippen molar-refractivity contribution in [2.24, 2.45) is 0 Å². The van der Waals surface area contributed by atoms with Crippen LogP contribution in [-0.4, -0.2) is 32.8 Å². The number of thioether (sulfide) groups is 1. The van der Waals surface area contributed by atoms with E-state index in [2.05, 4.69) is 33.6 Å². The summed E-state index contributed by atoms with van der Waals surface area (Å²) < 4.78 is 11.5. The van der Waals surface area contributed by atoms with Gasteiger partial charge in [0.1, 0.15) is 0 Å². The van der Waals surface area contributed by atoms with Crippen molar-refractivity contribution in [2.45, 2.75) is 13.0 Å². The van der Waals surface area contributed by atoms with Crippen molar-refractivity contribution in [1.29, 1.82) is 0 Å². The molecule has 18 heavy (non-hydrogen) atoms. The number of benzene rings is 1. The number of hydrogen-bond donors (Lipinski definition) is 1. The maximum atomic E-state index is 5.32. The van der Waals surface area contributed by atoms with Gasteiger partial charge in [0.2, 0.25) is 0 Å². The van der Waals surface area contributed by atoms with Crippen molar-refractivity contribution < 1.29 is 9.47 Å². The summed E-state index contributed by atoms with van der Waals surface area (Å²) in [5, 5.41) is 3.42. The summed E-state index contributed by atoms with van der Waals surface area (Å²) in [6.45, 7) is 1.88. The fourth-order valence-electron chi connectivity index (χ4n) is 1.65. The second-order valence-electron chi connectivity index (χ2n) is 3.84. The van der Waals surface area contributed by atoms with Crippen LogP contribution in [0, 0.1) is 0 Å². The van der Waals surface area contributed by atoms with Crippen LogP contribution in [0.4, 0.5) is 0 Å². The maximum Gasteiger partial charge on any atom is 0.174 e. The number of hydrogen-bond acceptors (Lipinski definition) is 4. The van der Waals surface area contributed by atoms with Crippen molar-refractivity contribution in [2.75, 3.05) is 32.8 Å². The largest absolute Gasteiger partial charge is 0.493 e. The van der Waals surface area contributed by atoms with Crippen LogP contribution in [0.5, 0.6) is 11.5 Å². The number of nitrogens with one attached hydrogen (secondary N) is 1. The fourth-order valence-corrected chi connectivity index (χ4v) is 2.73. The summed E-state index contributed by atoms with van der Waals surface area (Å²) in [7, 11) is 3.29. The highest BCUT2D eigenvalue weighted by Crippen LogP contribution is 2.36. The van der Waals surface area contributed by atoms with Gasteiger partial charge in [-0.1, -0.05) is 0 Å². The molecule has 0 saturated heterocycles. The Morgan fingerprint density at radius 3 is 2.67 bits per heavy atom. The predicted octanol–water partition coefficient (Wildman–Crippen LogP) is 3.31. The van der Waals surface area contributed by atoms with E-state index >= 15 is 0 Å². The molecule has 1 rings (SSSR count). The van der Waals surface area contributed by atoms with Crippen molar-refractivity contribution in [3.05, 3.63) is 22.2 Å².